The summed E-state index contributed by atoms with van der Waals surface area (Å²) in [6.45, 7) is 10.9. The van der Waals surface area contributed by atoms with Crippen LogP contribution in [0.4, 0.5) is 4.39 Å². The van der Waals surface area contributed by atoms with Crippen molar-refractivity contribution in [2.24, 2.45) is 17.8 Å². The van der Waals surface area contributed by atoms with Crippen LogP contribution in [0.5, 0.6) is 0 Å². The SMILES string of the molecule is Cc1cc(F)cc(C2CC(C)CCC2CNCC(C)C)c1. The minimum Gasteiger partial charge on any atom is -0.316 e. The molecule has 1 N–H and O–H groups in total. The van der Waals surface area contributed by atoms with E-state index in [4.69, 9.17) is 0 Å². The molecule has 0 heterocycles. The molecule has 0 amide bonds. The summed E-state index contributed by atoms with van der Waals surface area (Å²) in [5.74, 6) is 2.49. The minimum absolute atomic E-state index is 0.0860. The van der Waals surface area contributed by atoms with E-state index in [0.29, 0.717) is 17.8 Å². The zero-order valence-corrected chi connectivity index (χ0v) is 14.0. The topological polar surface area (TPSA) is 12.0 Å². The molecule has 21 heavy (non-hydrogen) atoms. The fraction of sp³-hybridized carbons (Fsp3) is 0.684. The van der Waals surface area contributed by atoms with Crippen molar-refractivity contribution in [3.63, 3.8) is 0 Å². The summed E-state index contributed by atoms with van der Waals surface area (Å²) in [6, 6.07) is 5.56. The van der Waals surface area contributed by atoms with Crippen molar-refractivity contribution in [3.8, 4) is 0 Å². The van der Waals surface area contributed by atoms with Crippen LogP contribution in [0.15, 0.2) is 18.2 Å². The fourth-order valence-corrected chi connectivity index (χ4v) is 3.63. The van der Waals surface area contributed by atoms with Gasteiger partial charge in [0.05, 0.1) is 0 Å². The van der Waals surface area contributed by atoms with Crippen LogP contribution in [0, 0.1) is 30.5 Å². The summed E-state index contributed by atoms with van der Waals surface area (Å²) in [6.07, 6.45) is 3.75. The Balaban J connectivity index is 2.10. The van der Waals surface area contributed by atoms with Gasteiger partial charge in [-0.3, -0.25) is 0 Å². The van der Waals surface area contributed by atoms with E-state index >= 15 is 0 Å². The summed E-state index contributed by atoms with van der Waals surface area (Å²) in [4.78, 5) is 0. The molecule has 0 aliphatic heterocycles. The molecule has 1 aliphatic carbocycles. The van der Waals surface area contributed by atoms with Gasteiger partial charge in [-0.05, 0) is 79.8 Å². The van der Waals surface area contributed by atoms with Crippen LogP contribution in [0.1, 0.15) is 57.1 Å². The molecule has 1 saturated carbocycles. The fourth-order valence-electron chi connectivity index (χ4n) is 3.63. The van der Waals surface area contributed by atoms with E-state index in [9.17, 15) is 4.39 Å². The van der Waals surface area contributed by atoms with Gasteiger partial charge in [-0.1, -0.05) is 33.3 Å². The number of rotatable bonds is 5. The van der Waals surface area contributed by atoms with Gasteiger partial charge in [0, 0.05) is 0 Å². The van der Waals surface area contributed by atoms with Crippen molar-refractivity contribution >= 4 is 0 Å². The summed E-state index contributed by atoms with van der Waals surface area (Å²) in [5.41, 5.74) is 2.24. The maximum Gasteiger partial charge on any atom is 0.123 e. The van der Waals surface area contributed by atoms with Crippen LogP contribution in [0.3, 0.4) is 0 Å². The number of nitrogens with one attached hydrogen (secondary N) is 1. The van der Waals surface area contributed by atoms with Gasteiger partial charge in [-0.2, -0.15) is 0 Å². The monoisotopic (exact) mass is 291 g/mol. The first-order chi connectivity index (χ1) is 9.95. The van der Waals surface area contributed by atoms with Gasteiger partial charge < -0.3 is 5.32 Å². The van der Waals surface area contributed by atoms with Crippen molar-refractivity contribution in [2.45, 2.75) is 52.9 Å². The summed E-state index contributed by atoms with van der Waals surface area (Å²) < 4.78 is 13.7. The van der Waals surface area contributed by atoms with Crippen LogP contribution in [0.2, 0.25) is 0 Å². The molecule has 0 aromatic heterocycles. The van der Waals surface area contributed by atoms with Crippen LogP contribution < -0.4 is 5.32 Å². The molecule has 1 fully saturated rings. The van der Waals surface area contributed by atoms with Gasteiger partial charge in [-0.15, -0.1) is 0 Å². The average Bonchev–Trinajstić information content (AvgIpc) is 2.39. The van der Waals surface area contributed by atoms with Gasteiger partial charge in [0.1, 0.15) is 5.82 Å². The second-order valence-corrected chi connectivity index (χ2v) is 7.40. The molecule has 1 aliphatic rings. The Morgan fingerprint density at radius 3 is 2.67 bits per heavy atom. The Labute approximate surface area is 129 Å². The Kier molecular flexibility index (Phi) is 5.80. The number of hydrogen-bond donors (Lipinski definition) is 1. The molecule has 0 radical (unpaired) electrons. The van der Waals surface area contributed by atoms with E-state index in [-0.39, 0.29) is 5.82 Å². The summed E-state index contributed by atoms with van der Waals surface area (Å²) in [5, 5.41) is 3.60. The Bertz CT molecular complexity index is 435. The van der Waals surface area contributed by atoms with Gasteiger partial charge in [0.25, 0.3) is 0 Å². The number of benzene rings is 1. The molecule has 1 nitrogen and oxygen atoms in total. The van der Waals surface area contributed by atoms with E-state index in [1.54, 1.807) is 12.1 Å². The van der Waals surface area contributed by atoms with E-state index < -0.39 is 0 Å². The van der Waals surface area contributed by atoms with Crippen LogP contribution in [0.25, 0.3) is 0 Å². The van der Waals surface area contributed by atoms with Gasteiger partial charge in [-0.25, -0.2) is 4.39 Å². The largest absolute Gasteiger partial charge is 0.316 e. The highest BCUT2D eigenvalue weighted by molar-refractivity contribution is 5.27. The molecule has 3 unspecified atom stereocenters. The Morgan fingerprint density at radius 2 is 2.00 bits per heavy atom. The molecular formula is C19H30FN. The molecular weight excluding hydrogens is 261 g/mol. The Hall–Kier alpha value is -0.890. The van der Waals surface area contributed by atoms with Crippen molar-refractivity contribution in [1.82, 2.24) is 5.32 Å². The van der Waals surface area contributed by atoms with Crippen molar-refractivity contribution in [2.75, 3.05) is 13.1 Å². The third kappa shape index (κ3) is 4.81. The molecule has 1 aromatic carbocycles. The molecule has 0 saturated heterocycles. The predicted molar refractivity (Wildman–Crippen MR) is 88.1 cm³/mol. The maximum absolute atomic E-state index is 13.7. The van der Waals surface area contributed by atoms with E-state index in [2.05, 4.69) is 32.2 Å². The maximum atomic E-state index is 13.7. The van der Waals surface area contributed by atoms with Crippen LogP contribution in [-0.2, 0) is 0 Å². The molecule has 0 bridgehead atoms. The van der Waals surface area contributed by atoms with E-state index in [0.717, 1.165) is 24.6 Å². The zero-order chi connectivity index (χ0) is 15.4. The number of hydrogen-bond acceptors (Lipinski definition) is 1. The van der Waals surface area contributed by atoms with Crippen LogP contribution >= 0.6 is 0 Å². The van der Waals surface area contributed by atoms with E-state index in [1.807, 2.05) is 6.92 Å². The third-order valence-corrected chi connectivity index (χ3v) is 4.71. The number of aryl methyl sites for hydroxylation is 1. The molecule has 2 heteroatoms. The normalized spacial score (nSPS) is 26.3. The lowest BCUT2D eigenvalue weighted by Crippen LogP contribution is -2.33. The lowest BCUT2D eigenvalue weighted by atomic mass is 9.71. The molecule has 3 atom stereocenters. The van der Waals surface area contributed by atoms with Gasteiger partial charge >= 0.3 is 0 Å². The van der Waals surface area contributed by atoms with Gasteiger partial charge in [0.2, 0.25) is 0 Å². The second-order valence-electron chi connectivity index (χ2n) is 7.40. The lowest BCUT2D eigenvalue weighted by molar-refractivity contribution is 0.239. The first-order valence-corrected chi connectivity index (χ1v) is 8.43. The zero-order valence-electron chi connectivity index (χ0n) is 14.0. The molecule has 0 spiro atoms. The highest BCUT2D eigenvalue weighted by Gasteiger charge is 2.29. The standard InChI is InChI=1S/C19H30FN/c1-13(2)11-21-12-16-6-5-14(3)9-19(16)17-7-15(4)8-18(20)10-17/h7-8,10,13-14,16,19,21H,5-6,9,11-12H2,1-4H3. The molecule has 118 valence electrons. The summed E-state index contributed by atoms with van der Waals surface area (Å²) in [7, 11) is 0. The minimum atomic E-state index is -0.0860. The van der Waals surface area contributed by atoms with Crippen LogP contribution in [-0.4, -0.2) is 13.1 Å². The quantitative estimate of drug-likeness (QED) is 0.813. The average molecular weight is 291 g/mol. The van der Waals surface area contributed by atoms with Crippen molar-refractivity contribution < 1.29 is 4.39 Å². The number of halogens is 1. The highest BCUT2D eigenvalue weighted by atomic mass is 19.1. The first kappa shape index (κ1) is 16.5. The summed E-state index contributed by atoms with van der Waals surface area (Å²) >= 11 is 0. The highest BCUT2D eigenvalue weighted by Crippen LogP contribution is 2.40. The van der Waals surface area contributed by atoms with Crippen molar-refractivity contribution in [1.29, 1.82) is 0 Å². The van der Waals surface area contributed by atoms with Gasteiger partial charge in [0.15, 0.2) is 0 Å². The second kappa shape index (κ2) is 7.40. The molecule has 2 rings (SSSR count). The lowest BCUT2D eigenvalue weighted by Gasteiger charge is -2.36. The Morgan fingerprint density at radius 1 is 1.24 bits per heavy atom. The van der Waals surface area contributed by atoms with Crippen molar-refractivity contribution in [3.05, 3.63) is 35.1 Å². The first-order valence-electron chi connectivity index (χ1n) is 8.43. The molecule has 1 aromatic rings. The van der Waals surface area contributed by atoms with E-state index in [1.165, 1.54) is 24.8 Å². The third-order valence-electron chi connectivity index (χ3n) is 4.71. The smallest absolute Gasteiger partial charge is 0.123 e. The predicted octanol–water partition coefficient (Wildman–Crippen LogP) is 4.90.